The van der Waals surface area contributed by atoms with Crippen LogP contribution in [0, 0.1) is 11.8 Å². The number of pyridine rings is 1. The van der Waals surface area contributed by atoms with Crippen molar-refractivity contribution in [1.82, 2.24) is 25.0 Å². The number of alkyl halides is 2. The second-order valence-corrected chi connectivity index (χ2v) is 8.16. The van der Waals surface area contributed by atoms with Gasteiger partial charge in [0.15, 0.2) is 5.82 Å². The third kappa shape index (κ3) is 3.23. The Morgan fingerprint density at radius 2 is 2.07 bits per heavy atom. The summed E-state index contributed by atoms with van der Waals surface area (Å²) in [6.45, 7) is 5.40. The second-order valence-electron chi connectivity index (χ2n) is 8.16. The average molecular weight is 419 g/mol. The number of fused-ring (bicyclic) bond motifs is 1. The van der Waals surface area contributed by atoms with Gasteiger partial charge in [-0.2, -0.15) is 5.10 Å². The monoisotopic (exact) mass is 419 g/mol. The zero-order valence-corrected chi connectivity index (χ0v) is 17.6. The predicted molar refractivity (Wildman–Crippen MR) is 110 cm³/mol. The van der Waals surface area contributed by atoms with Gasteiger partial charge in [0.25, 0.3) is 6.43 Å². The van der Waals surface area contributed by atoms with E-state index >= 15 is 0 Å². The van der Waals surface area contributed by atoms with Gasteiger partial charge in [-0.1, -0.05) is 13.8 Å². The summed E-state index contributed by atoms with van der Waals surface area (Å²) in [6, 6.07) is 1.46. The highest BCUT2D eigenvalue weighted by Gasteiger charge is 2.47. The van der Waals surface area contributed by atoms with Gasteiger partial charge in [-0.3, -0.25) is 4.68 Å². The molecule has 2 aromatic heterocycles. The van der Waals surface area contributed by atoms with E-state index in [4.69, 9.17) is 10.8 Å². The molecule has 1 fully saturated rings. The van der Waals surface area contributed by atoms with Gasteiger partial charge >= 0.3 is 6.03 Å². The van der Waals surface area contributed by atoms with Crippen molar-refractivity contribution in [2.45, 2.75) is 39.3 Å². The lowest BCUT2D eigenvalue weighted by atomic mass is 10.1. The Bertz CT molecular complexity index is 968. The molecule has 1 saturated carbocycles. The molecule has 2 amide bonds. The van der Waals surface area contributed by atoms with Gasteiger partial charge in [0.2, 0.25) is 0 Å². The molecule has 2 aromatic rings. The third-order valence-electron chi connectivity index (χ3n) is 6.46. The van der Waals surface area contributed by atoms with E-state index < -0.39 is 6.43 Å². The van der Waals surface area contributed by atoms with Crippen LogP contribution < -0.4 is 16.0 Å². The molecule has 0 radical (unpaired) electrons. The van der Waals surface area contributed by atoms with Crippen molar-refractivity contribution < 1.29 is 13.6 Å². The standard InChI is InChI=1S/C20H27F2N7O/c1-10-11(2)17(10)29-15-5-6-28(20(30)24-3)9-13(15)19(26-29)27(4)16-7-12(18(21)22)14(23)8-25-16/h7-8,10-11,17-18H,5-6,9,23H2,1-4H3,(H,24,30). The molecule has 162 valence electrons. The number of carbonyl (C=O) groups excluding carboxylic acids is 1. The molecule has 0 aromatic carbocycles. The molecule has 2 aliphatic rings. The molecule has 3 N–H and O–H groups in total. The number of rotatable bonds is 4. The number of nitrogens with zero attached hydrogens (tertiary/aromatic N) is 5. The van der Waals surface area contributed by atoms with E-state index in [1.807, 2.05) is 0 Å². The summed E-state index contributed by atoms with van der Waals surface area (Å²) in [5, 5.41) is 7.54. The zero-order chi connectivity index (χ0) is 21.7. The Labute approximate surface area is 174 Å². The molecule has 3 heterocycles. The number of nitrogen functional groups attached to an aromatic ring is 1. The fourth-order valence-electron chi connectivity index (χ4n) is 4.31. The number of amides is 2. The first-order chi connectivity index (χ1) is 14.2. The van der Waals surface area contributed by atoms with Crippen molar-refractivity contribution in [2.75, 3.05) is 31.3 Å². The number of hydrogen-bond donors (Lipinski definition) is 2. The number of halogens is 2. The highest BCUT2D eigenvalue weighted by molar-refractivity contribution is 5.75. The Balaban J connectivity index is 1.76. The van der Waals surface area contributed by atoms with Crippen LogP contribution in [0.3, 0.4) is 0 Å². The van der Waals surface area contributed by atoms with Crippen molar-refractivity contribution in [3.8, 4) is 0 Å². The molecule has 4 rings (SSSR count). The Morgan fingerprint density at radius 3 is 2.67 bits per heavy atom. The van der Waals surface area contributed by atoms with Crippen molar-refractivity contribution in [2.24, 2.45) is 11.8 Å². The minimum atomic E-state index is -2.69. The molecule has 2 atom stereocenters. The molecular formula is C20H27F2N7O. The average Bonchev–Trinajstić information content (AvgIpc) is 3.16. The van der Waals surface area contributed by atoms with Gasteiger partial charge in [-0.05, 0) is 17.9 Å². The molecule has 30 heavy (non-hydrogen) atoms. The van der Waals surface area contributed by atoms with Crippen LogP contribution in [0.4, 0.5) is 30.9 Å². The lowest BCUT2D eigenvalue weighted by Crippen LogP contribution is -2.41. The first-order valence-corrected chi connectivity index (χ1v) is 10.1. The quantitative estimate of drug-likeness (QED) is 0.795. The largest absolute Gasteiger partial charge is 0.397 e. The predicted octanol–water partition coefficient (Wildman–Crippen LogP) is 3.09. The third-order valence-corrected chi connectivity index (χ3v) is 6.46. The van der Waals surface area contributed by atoms with E-state index in [-0.39, 0.29) is 17.3 Å². The molecule has 1 aliphatic heterocycles. The van der Waals surface area contributed by atoms with Crippen LogP contribution in [0.25, 0.3) is 0 Å². The molecule has 0 bridgehead atoms. The number of nitrogens with two attached hydrogens (primary N) is 1. The van der Waals surface area contributed by atoms with Crippen LogP contribution in [0.1, 0.15) is 43.1 Å². The first kappa shape index (κ1) is 20.4. The van der Waals surface area contributed by atoms with Crippen molar-refractivity contribution in [3.05, 3.63) is 29.1 Å². The molecular weight excluding hydrogens is 392 g/mol. The highest BCUT2D eigenvalue weighted by Crippen LogP contribution is 2.51. The summed E-state index contributed by atoms with van der Waals surface area (Å²) in [7, 11) is 3.35. The number of hydrogen-bond acceptors (Lipinski definition) is 5. The van der Waals surface area contributed by atoms with Gasteiger partial charge in [0.1, 0.15) is 5.82 Å². The topological polar surface area (TPSA) is 92.3 Å². The lowest BCUT2D eigenvalue weighted by molar-refractivity contribution is 0.152. The van der Waals surface area contributed by atoms with Crippen LogP contribution in [0.15, 0.2) is 12.3 Å². The SMILES string of the molecule is CNC(=O)N1CCc2c(c(N(C)c3cc(C(F)F)c(N)cn3)nn2C2C(C)C2C)C1. The Kier molecular flexibility index (Phi) is 5.03. The van der Waals surface area contributed by atoms with E-state index in [2.05, 4.69) is 28.8 Å². The van der Waals surface area contributed by atoms with Gasteiger partial charge in [0, 0.05) is 43.9 Å². The van der Waals surface area contributed by atoms with Gasteiger partial charge < -0.3 is 20.9 Å². The van der Waals surface area contributed by atoms with Crippen molar-refractivity contribution in [1.29, 1.82) is 0 Å². The normalized spacial score (nSPS) is 22.8. The summed E-state index contributed by atoms with van der Waals surface area (Å²) < 4.78 is 28.7. The Hall–Kier alpha value is -2.91. The summed E-state index contributed by atoms with van der Waals surface area (Å²) in [5.74, 6) is 2.00. The minimum Gasteiger partial charge on any atom is -0.397 e. The van der Waals surface area contributed by atoms with Crippen LogP contribution in [0.2, 0.25) is 0 Å². The van der Waals surface area contributed by atoms with Crippen LogP contribution >= 0.6 is 0 Å². The smallest absolute Gasteiger partial charge is 0.317 e. The molecule has 8 nitrogen and oxygen atoms in total. The maximum absolute atomic E-state index is 13.3. The van der Waals surface area contributed by atoms with Crippen LogP contribution in [0.5, 0.6) is 0 Å². The lowest BCUT2D eigenvalue weighted by Gasteiger charge is -2.28. The van der Waals surface area contributed by atoms with E-state index in [0.717, 1.165) is 11.3 Å². The zero-order valence-electron chi connectivity index (χ0n) is 17.6. The maximum Gasteiger partial charge on any atom is 0.317 e. The highest BCUT2D eigenvalue weighted by atomic mass is 19.3. The fraction of sp³-hybridized carbons (Fsp3) is 0.550. The molecule has 0 spiro atoms. The second kappa shape index (κ2) is 7.41. The molecule has 1 aliphatic carbocycles. The summed E-state index contributed by atoms with van der Waals surface area (Å²) >= 11 is 0. The van der Waals surface area contributed by atoms with Gasteiger partial charge in [0.05, 0.1) is 24.5 Å². The Morgan fingerprint density at radius 1 is 1.37 bits per heavy atom. The van der Waals surface area contributed by atoms with E-state index in [1.165, 1.54) is 12.3 Å². The molecule has 10 heteroatoms. The number of anilines is 3. The summed E-state index contributed by atoms with van der Waals surface area (Å²) in [5.41, 5.74) is 7.39. The van der Waals surface area contributed by atoms with Crippen LogP contribution in [-0.2, 0) is 13.0 Å². The van der Waals surface area contributed by atoms with Crippen LogP contribution in [-0.4, -0.2) is 46.3 Å². The van der Waals surface area contributed by atoms with Gasteiger partial charge in [-0.25, -0.2) is 18.6 Å². The summed E-state index contributed by atoms with van der Waals surface area (Å²) in [6.07, 6.45) is -0.751. The maximum atomic E-state index is 13.3. The number of nitrogens with one attached hydrogen (secondary N) is 1. The van der Waals surface area contributed by atoms with Crippen molar-refractivity contribution in [3.63, 3.8) is 0 Å². The summed E-state index contributed by atoms with van der Waals surface area (Å²) in [4.78, 5) is 19.9. The number of aromatic nitrogens is 3. The van der Waals surface area contributed by atoms with E-state index in [9.17, 15) is 13.6 Å². The number of carbonyl (C=O) groups is 1. The fourth-order valence-corrected chi connectivity index (χ4v) is 4.31. The first-order valence-electron chi connectivity index (χ1n) is 10.1. The van der Waals surface area contributed by atoms with Crippen molar-refractivity contribution >= 4 is 23.4 Å². The van der Waals surface area contributed by atoms with E-state index in [1.54, 1.807) is 23.9 Å². The van der Waals surface area contributed by atoms with E-state index in [0.29, 0.717) is 49.0 Å². The number of urea groups is 1. The molecule has 2 unspecified atom stereocenters. The molecule has 0 saturated heterocycles. The minimum absolute atomic E-state index is 0.0406. The van der Waals surface area contributed by atoms with Gasteiger partial charge in [-0.15, -0.1) is 0 Å².